The topological polar surface area (TPSA) is 64.0 Å². The summed E-state index contributed by atoms with van der Waals surface area (Å²) < 4.78 is 13.4. The molecule has 2 aliphatic rings. The van der Waals surface area contributed by atoms with Crippen molar-refractivity contribution in [1.82, 2.24) is 14.4 Å². The van der Waals surface area contributed by atoms with Gasteiger partial charge in [-0.05, 0) is 44.9 Å². The van der Waals surface area contributed by atoms with Gasteiger partial charge >= 0.3 is 0 Å². The number of ketones is 1. The van der Waals surface area contributed by atoms with E-state index in [0.29, 0.717) is 19.8 Å². The highest BCUT2D eigenvalue weighted by Gasteiger charge is 2.26. The number of hydrogen-bond donors (Lipinski definition) is 0. The number of carbonyl (C=O) groups excluding carboxylic acids is 2. The number of rotatable bonds is 5. The molecule has 1 fully saturated rings. The number of fused-ring (bicyclic) bond motifs is 1. The monoisotopic (exact) mass is 425 g/mol. The third kappa shape index (κ3) is 4.32. The molecule has 0 aliphatic carbocycles. The lowest BCUT2D eigenvalue weighted by Crippen LogP contribution is -2.46. The van der Waals surface area contributed by atoms with Crippen LogP contribution in [0, 0.1) is 13.8 Å². The molecule has 0 spiro atoms. The molecule has 31 heavy (non-hydrogen) atoms. The Labute approximate surface area is 183 Å². The van der Waals surface area contributed by atoms with Crippen molar-refractivity contribution in [1.29, 1.82) is 0 Å². The highest BCUT2D eigenvalue weighted by atomic mass is 16.6. The van der Waals surface area contributed by atoms with Crippen LogP contribution in [0.15, 0.2) is 24.3 Å². The second-order valence-electron chi connectivity index (χ2n) is 8.51. The van der Waals surface area contributed by atoms with E-state index in [9.17, 15) is 9.59 Å². The molecule has 7 nitrogen and oxygen atoms in total. The molecule has 2 aliphatic heterocycles. The Morgan fingerprint density at radius 1 is 1.06 bits per heavy atom. The lowest BCUT2D eigenvalue weighted by molar-refractivity contribution is -0.130. The normalized spacial score (nSPS) is 16.9. The van der Waals surface area contributed by atoms with E-state index in [2.05, 4.69) is 9.47 Å². The van der Waals surface area contributed by atoms with Gasteiger partial charge in [-0.15, -0.1) is 0 Å². The first-order valence-electron chi connectivity index (χ1n) is 10.9. The SMILES string of the molecule is CC(=O)N(C)C1CCN(CC(=O)c2cc(C)n(-c3ccc4c(c3)OCCO4)c2C)CC1. The van der Waals surface area contributed by atoms with Crippen molar-refractivity contribution in [3.8, 4) is 17.2 Å². The highest BCUT2D eigenvalue weighted by molar-refractivity contribution is 5.99. The van der Waals surface area contributed by atoms with Gasteiger partial charge in [0.15, 0.2) is 17.3 Å². The molecule has 1 amide bonds. The van der Waals surface area contributed by atoms with E-state index in [1.165, 1.54) is 0 Å². The van der Waals surface area contributed by atoms with Crippen LogP contribution >= 0.6 is 0 Å². The summed E-state index contributed by atoms with van der Waals surface area (Å²) in [4.78, 5) is 28.7. The van der Waals surface area contributed by atoms with Crippen molar-refractivity contribution >= 4 is 11.7 Å². The Kier molecular flexibility index (Phi) is 6.05. The van der Waals surface area contributed by atoms with Gasteiger partial charge in [0.05, 0.1) is 6.54 Å². The van der Waals surface area contributed by atoms with Gasteiger partial charge in [0.25, 0.3) is 0 Å². The number of Topliss-reactive ketones (excluding diaryl/α,β-unsaturated/α-hetero) is 1. The van der Waals surface area contributed by atoms with Crippen molar-refractivity contribution in [3.05, 3.63) is 41.2 Å². The molecule has 0 saturated carbocycles. The molecular weight excluding hydrogens is 394 g/mol. The summed E-state index contributed by atoms with van der Waals surface area (Å²) in [6, 6.07) is 8.14. The highest BCUT2D eigenvalue weighted by Crippen LogP contribution is 2.33. The zero-order chi connectivity index (χ0) is 22.1. The van der Waals surface area contributed by atoms with E-state index in [0.717, 1.165) is 60.1 Å². The number of amides is 1. The minimum atomic E-state index is 0.0982. The molecule has 1 aromatic carbocycles. The largest absolute Gasteiger partial charge is 0.486 e. The molecule has 0 bridgehead atoms. The molecule has 0 N–H and O–H groups in total. The lowest BCUT2D eigenvalue weighted by atomic mass is 10.0. The Bertz CT molecular complexity index is 989. The van der Waals surface area contributed by atoms with Crippen LogP contribution < -0.4 is 9.47 Å². The van der Waals surface area contributed by atoms with Crippen molar-refractivity contribution in [2.24, 2.45) is 0 Å². The van der Waals surface area contributed by atoms with Gasteiger partial charge in [0.2, 0.25) is 5.91 Å². The molecule has 0 unspecified atom stereocenters. The maximum absolute atomic E-state index is 13.1. The number of benzene rings is 1. The minimum Gasteiger partial charge on any atom is -0.486 e. The molecule has 1 aromatic heterocycles. The summed E-state index contributed by atoms with van der Waals surface area (Å²) in [6.45, 7) is 8.78. The first-order valence-corrected chi connectivity index (χ1v) is 10.9. The zero-order valence-electron chi connectivity index (χ0n) is 18.8. The molecular formula is C24H31N3O4. The van der Waals surface area contributed by atoms with Crippen LogP contribution in [0.5, 0.6) is 11.5 Å². The fourth-order valence-electron chi connectivity index (χ4n) is 4.62. The van der Waals surface area contributed by atoms with Gasteiger partial charge in [-0.3, -0.25) is 14.5 Å². The first-order chi connectivity index (χ1) is 14.8. The van der Waals surface area contributed by atoms with Crippen molar-refractivity contribution in [2.75, 3.05) is 39.9 Å². The van der Waals surface area contributed by atoms with Crippen LogP contribution in [0.25, 0.3) is 5.69 Å². The van der Waals surface area contributed by atoms with Gasteiger partial charge in [-0.2, -0.15) is 0 Å². The standard InChI is InChI=1S/C24H31N3O4/c1-16-13-21(22(29)15-26-9-7-19(8-10-26)25(4)18(3)28)17(2)27(16)20-5-6-23-24(14-20)31-12-11-30-23/h5-6,13-14,19H,7-12,15H2,1-4H3. The molecule has 1 saturated heterocycles. The quantitative estimate of drug-likeness (QED) is 0.689. The molecule has 2 aromatic rings. The van der Waals surface area contributed by atoms with Gasteiger partial charge in [-0.25, -0.2) is 0 Å². The fraction of sp³-hybridized carbons (Fsp3) is 0.500. The number of aryl methyl sites for hydroxylation is 1. The molecule has 3 heterocycles. The van der Waals surface area contributed by atoms with Crippen LogP contribution in [0.2, 0.25) is 0 Å². The smallest absolute Gasteiger partial charge is 0.219 e. The first kappa shape index (κ1) is 21.4. The third-order valence-electron chi connectivity index (χ3n) is 6.48. The molecule has 4 rings (SSSR count). The Balaban J connectivity index is 1.46. The van der Waals surface area contributed by atoms with E-state index in [1.807, 2.05) is 50.1 Å². The summed E-state index contributed by atoms with van der Waals surface area (Å²) in [7, 11) is 1.86. The number of hydrogen-bond acceptors (Lipinski definition) is 5. The van der Waals surface area contributed by atoms with Crippen LogP contribution in [0.1, 0.15) is 41.5 Å². The molecule has 0 radical (unpaired) electrons. The van der Waals surface area contributed by atoms with Gasteiger partial charge in [0.1, 0.15) is 13.2 Å². The number of aromatic nitrogens is 1. The number of nitrogens with zero attached hydrogens (tertiary/aromatic N) is 3. The molecule has 7 heteroatoms. The average Bonchev–Trinajstić information content (AvgIpc) is 3.07. The maximum Gasteiger partial charge on any atom is 0.219 e. The zero-order valence-corrected chi connectivity index (χ0v) is 18.8. The number of likely N-dealkylation sites (tertiary alicyclic amines) is 1. The van der Waals surface area contributed by atoms with E-state index < -0.39 is 0 Å². The van der Waals surface area contributed by atoms with Crippen LogP contribution in [-0.2, 0) is 4.79 Å². The second-order valence-corrected chi connectivity index (χ2v) is 8.51. The van der Waals surface area contributed by atoms with Crippen LogP contribution in [-0.4, -0.2) is 72.0 Å². The van der Waals surface area contributed by atoms with Crippen molar-refractivity contribution in [2.45, 2.75) is 39.7 Å². The molecule has 166 valence electrons. The lowest BCUT2D eigenvalue weighted by Gasteiger charge is -2.36. The number of carbonyl (C=O) groups is 2. The van der Waals surface area contributed by atoms with Gasteiger partial charge in [-0.1, -0.05) is 0 Å². The van der Waals surface area contributed by atoms with E-state index >= 15 is 0 Å². The van der Waals surface area contributed by atoms with Crippen LogP contribution in [0.3, 0.4) is 0 Å². The summed E-state index contributed by atoms with van der Waals surface area (Å²) in [5.41, 5.74) is 3.67. The summed E-state index contributed by atoms with van der Waals surface area (Å²) in [5, 5.41) is 0. The predicted octanol–water partition coefficient (Wildman–Crippen LogP) is 2.99. The fourth-order valence-corrected chi connectivity index (χ4v) is 4.62. The second kappa shape index (κ2) is 8.75. The maximum atomic E-state index is 13.1. The molecule has 0 atom stereocenters. The Morgan fingerprint density at radius 2 is 1.74 bits per heavy atom. The number of ether oxygens (including phenoxy) is 2. The Morgan fingerprint density at radius 3 is 2.42 bits per heavy atom. The Hall–Kier alpha value is -2.80. The average molecular weight is 426 g/mol. The minimum absolute atomic E-state index is 0.0982. The van der Waals surface area contributed by atoms with Crippen molar-refractivity contribution in [3.63, 3.8) is 0 Å². The summed E-state index contributed by atoms with van der Waals surface area (Å²) in [5.74, 6) is 1.73. The van der Waals surface area contributed by atoms with Gasteiger partial charge < -0.3 is 18.9 Å². The number of piperidine rings is 1. The third-order valence-corrected chi connectivity index (χ3v) is 6.48. The van der Waals surface area contributed by atoms with E-state index in [4.69, 9.17) is 9.47 Å². The summed E-state index contributed by atoms with van der Waals surface area (Å²) in [6.07, 6.45) is 1.80. The van der Waals surface area contributed by atoms with Crippen molar-refractivity contribution < 1.29 is 19.1 Å². The van der Waals surface area contributed by atoms with Gasteiger partial charge in [0, 0.05) is 61.8 Å². The predicted molar refractivity (Wildman–Crippen MR) is 118 cm³/mol. The summed E-state index contributed by atoms with van der Waals surface area (Å²) >= 11 is 0. The van der Waals surface area contributed by atoms with E-state index in [1.54, 1.807) is 6.92 Å². The van der Waals surface area contributed by atoms with E-state index in [-0.39, 0.29) is 17.7 Å². The van der Waals surface area contributed by atoms with Crippen LogP contribution in [0.4, 0.5) is 0 Å².